The monoisotopic (exact) mass is 237 g/mol. The van der Waals surface area contributed by atoms with Crippen LogP contribution in [0.25, 0.3) is 0 Å². The average molecular weight is 237 g/mol. The third kappa shape index (κ3) is 8.38. The lowest BCUT2D eigenvalue weighted by molar-refractivity contribution is -0.141. The van der Waals surface area contributed by atoms with Crippen LogP contribution in [0.4, 0.5) is 0 Å². The summed E-state index contributed by atoms with van der Waals surface area (Å²) in [5.41, 5.74) is -0.333. The highest BCUT2D eigenvalue weighted by molar-refractivity contribution is 7.89. The highest BCUT2D eigenvalue weighted by Crippen LogP contribution is 2.14. The van der Waals surface area contributed by atoms with Gasteiger partial charge in [-0.2, -0.15) is 0 Å². The molecule has 0 aromatic heterocycles. The van der Waals surface area contributed by atoms with Gasteiger partial charge in [0.25, 0.3) is 0 Å². The summed E-state index contributed by atoms with van der Waals surface area (Å²) in [6.07, 6.45) is 0. The Bertz CT molecular complexity index is 303. The van der Waals surface area contributed by atoms with E-state index in [2.05, 4.69) is 9.46 Å². The van der Waals surface area contributed by atoms with E-state index in [-0.39, 0.29) is 24.3 Å². The molecule has 0 rings (SSSR count). The third-order valence-electron chi connectivity index (χ3n) is 1.36. The zero-order valence-corrected chi connectivity index (χ0v) is 10.5. The van der Waals surface area contributed by atoms with Gasteiger partial charge in [-0.25, -0.2) is 13.1 Å². The lowest BCUT2D eigenvalue weighted by Gasteiger charge is -2.17. The molecule has 0 radical (unpaired) electrons. The number of carbonyl (C=O) groups excluding carboxylic acids is 1. The van der Waals surface area contributed by atoms with E-state index in [4.69, 9.17) is 0 Å². The molecule has 0 aliphatic carbocycles. The van der Waals surface area contributed by atoms with Crippen LogP contribution < -0.4 is 4.72 Å². The molecule has 0 saturated heterocycles. The number of ether oxygens (including phenoxy) is 1. The fourth-order valence-electron chi connectivity index (χ4n) is 1.00. The Hall–Kier alpha value is -0.620. The van der Waals surface area contributed by atoms with Crippen LogP contribution in [0.2, 0.25) is 0 Å². The molecule has 0 spiro atoms. The Morgan fingerprint density at radius 1 is 1.33 bits per heavy atom. The summed E-state index contributed by atoms with van der Waals surface area (Å²) in [5.74, 6) is -0.575. The summed E-state index contributed by atoms with van der Waals surface area (Å²) in [5, 5.41) is 0. The first-order valence-corrected chi connectivity index (χ1v) is 6.44. The molecular weight excluding hydrogens is 218 g/mol. The number of nitrogens with one attached hydrogen (secondary N) is 1. The summed E-state index contributed by atoms with van der Waals surface area (Å²) in [4.78, 5) is 10.9. The van der Waals surface area contributed by atoms with Gasteiger partial charge in [0.1, 0.15) is 6.54 Å². The average Bonchev–Trinajstić information content (AvgIpc) is 1.97. The van der Waals surface area contributed by atoms with Crippen molar-refractivity contribution in [2.24, 2.45) is 5.41 Å². The lowest BCUT2D eigenvalue weighted by Crippen LogP contribution is -2.36. The molecule has 0 aromatic carbocycles. The number of hydrogen-bond acceptors (Lipinski definition) is 4. The van der Waals surface area contributed by atoms with E-state index in [0.717, 1.165) is 0 Å². The Labute approximate surface area is 91.2 Å². The molecule has 0 aromatic rings. The molecule has 0 aliphatic heterocycles. The van der Waals surface area contributed by atoms with Crippen LogP contribution in [-0.4, -0.2) is 33.3 Å². The largest absolute Gasteiger partial charge is 0.465 e. The fraction of sp³-hybridized carbons (Fsp3) is 0.889. The van der Waals surface area contributed by atoms with Crippen LogP contribution in [0.3, 0.4) is 0 Å². The van der Waals surface area contributed by atoms with Crippen molar-refractivity contribution in [3.63, 3.8) is 0 Å². The van der Waals surface area contributed by atoms with Crippen molar-refractivity contribution in [2.45, 2.75) is 27.7 Å². The van der Waals surface area contributed by atoms with Gasteiger partial charge in [0, 0.05) is 0 Å². The summed E-state index contributed by atoms with van der Waals surface area (Å²) in [6, 6.07) is 0. The Morgan fingerprint density at radius 3 is 2.27 bits per heavy atom. The highest BCUT2D eigenvalue weighted by Gasteiger charge is 2.21. The van der Waals surface area contributed by atoms with Gasteiger partial charge in [-0.15, -0.1) is 0 Å². The van der Waals surface area contributed by atoms with Crippen LogP contribution in [0.1, 0.15) is 27.7 Å². The topological polar surface area (TPSA) is 72.5 Å². The van der Waals surface area contributed by atoms with Gasteiger partial charge in [0.15, 0.2) is 0 Å². The second-order valence-corrected chi connectivity index (χ2v) is 6.25. The summed E-state index contributed by atoms with van der Waals surface area (Å²) in [6.45, 7) is 7.07. The first kappa shape index (κ1) is 14.4. The van der Waals surface area contributed by atoms with Gasteiger partial charge in [0.05, 0.1) is 12.4 Å². The fourth-order valence-corrected chi connectivity index (χ4v) is 2.58. The van der Waals surface area contributed by atoms with Crippen LogP contribution in [0, 0.1) is 5.41 Å². The second-order valence-electron chi connectivity index (χ2n) is 4.45. The molecular formula is C9H19NO4S. The maximum atomic E-state index is 11.4. The van der Waals surface area contributed by atoms with Crippen LogP contribution >= 0.6 is 0 Å². The standard InChI is InChI=1S/C9H19NO4S/c1-5-14-8(11)6-10-15(12,13)7-9(2,3)4/h10H,5-7H2,1-4H3. The molecule has 0 bridgehead atoms. The number of esters is 1. The van der Waals surface area contributed by atoms with Crippen LogP contribution in [0.5, 0.6) is 0 Å². The quantitative estimate of drug-likeness (QED) is 0.707. The van der Waals surface area contributed by atoms with Gasteiger partial charge in [-0.1, -0.05) is 20.8 Å². The van der Waals surface area contributed by atoms with E-state index in [1.165, 1.54) is 0 Å². The number of sulfonamides is 1. The summed E-state index contributed by atoms with van der Waals surface area (Å²) >= 11 is 0. The predicted molar refractivity (Wildman–Crippen MR) is 57.9 cm³/mol. The van der Waals surface area contributed by atoms with Crippen molar-refractivity contribution in [3.8, 4) is 0 Å². The second kappa shape index (κ2) is 5.46. The molecule has 0 heterocycles. The zero-order valence-electron chi connectivity index (χ0n) is 9.66. The Balaban J connectivity index is 4.12. The minimum atomic E-state index is -3.40. The van der Waals surface area contributed by atoms with Gasteiger partial charge in [0.2, 0.25) is 10.0 Å². The SMILES string of the molecule is CCOC(=O)CNS(=O)(=O)CC(C)(C)C. The molecule has 15 heavy (non-hydrogen) atoms. The van der Waals surface area contributed by atoms with Crippen molar-refractivity contribution in [3.05, 3.63) is 0 Å². The number of rotatable bonds is 5. The molecule has 0 aliphatic rings. The molecule has 0 unspecified atom stereocenters. The van der Waals surface area contributed by atoms with E-state index in [9.17, 15) is 13.2 Å². The van der Waals surface area contributed by atoms with Crippen molar-refractivity contribution in [2.75, 3.05) is 18.9 Å². The van der Waals surface area contributed by atoms with E-state index in [1.54, 1.807) is 6.92 Å². The number of hydrogen-bond donors (Lipinski definition) is 1. The molecule has 0 fully saturated rings. The van der Waals surface area contributed by atoms with Crippen molar-refractivity contribution < 1.29 is 17.9 Å². The minimum absolute atomic E-state index is 0.0145. The molecule has 6 heteroatoms. The lowest BCUT2D eigenvalue weighted by atomic mass is 10.0. The molecule has 0 saturated carbocycles. The number of carbonyl (C=O) groups is 1. The van der Waals surface area contributed by atoms with Gasteiger partial charge < -0.3 is 4.74 Å². The van der Waals surface area contributed by atoms with Crippen LogP contribution in [-0.2, 0) is 19.6 Å². The van der Waals surface area contributed by atoms with E-state index in [1.807, 2.05) is 20.8 Å². The van der Waals surface area contributed by atoms with Gasteiger partial charge in [-0.3, -0.25) is 4.79 Å². The normalized spacial score (nSPS) is 12.5. The van der Waals surface area contributed by atoms with Gasteiger partial charge in [-0.05, 0) is 12.3 Å². The summed E-state index contributed by atoms with van der Waals surface area (Å²) < 4.78 is 29.7. The van der Waals surface area contributed by atoms with Crippen molar-refractivity contribution in [1.29, 1.82) is 0 Å². The molecule has 0 amide bonds. The van der Waals surface area contributed by atoms with Crippen molar-refractivity contribution in [1.82, 2.24) is 4.72 Å². The summed E-state index contributed by atoms with van der Waals surface area (Å²) in [7, 11) is -3.40. The third-order valence-corrected chi connectivity index (χ3v) is 3.20. The predicted octanol–water partition coefficient (Wildman–Crippen LogP) is 0.515. The van der Waals surface area contributed by atoms with E-state index < -0.39 is 16.0 Å². The first-order chi connectivity index (χ1) is 6.66. The smallest absolute Gasteiger partial charge is 0.320 e. The first-order valence-electron chi connectivity index (χ1n) is 4.79. The Kier molecular flexibility index (Phi) is 5.23. The zero-order chi connectivity index (χ0) is 12.1. The van der Waals surface area contributed by atoms with E-state index in [0.29, 0.717) is 0 Å². The molecule has 0 atom stereocenters. The molecule has 90 valence electrons. The van der Waals surface area contributed by atoms with E-state index >= 15 is 0 Å². The van der Waals surface area contributed by atoms with Crippen LogP contribution in [0.15, 0.2) is 0 Å². The Morgan fingerprint density at radius 2 is 1.87 bits per heavy atom. The molecule has 1 N–H and O–H groups in total. The highest BCUT2D eigenvalue weighted by atomic mass is 32.2. The van der Waals surface area contributed by atoms with Gasteiger partial charge >= 0.3 is 5.97 Å². The maximum absolute atomic E-state index is 11.4. The molecule has 5 nitrogen and oxygen atoms in total. The minimum Gasteiger partial charge on any atom is -0.465 e. The maximum Gasteiger partial charge on any atom is 0.320 e. The van der Waals surface area contributed by atoms with Crippen molar-refractivity contribution >= 4 is 16.0 Å².